The van der Waals surface area contributed by atoms with Crippen LogP contribution in [0.4, 0.5) is 0 Å². The smallest absolute Gasteiger partial charge is 0.227 e. The molecule has 112 valence electrons. The van der Waals surface area contributed by atoms with Crippen LogP contribution in [0.1, 0.15) is 39.5 Å². The lowest BCUT2D eigenvalue weighted by molar-refractivity contribution is -0.139. The number of carbonyl (C=O) groups excluding carboxylic acids is 1. The maximum Gasteiger partial charge on any atom is 0.227 e. The molecule has 1 unspecified atom stereocenters. The maximum atomic E-state index is 12.7. The topological polar surface area (TPSA) is 49.6 Å². The molecule has 19 heavy (non-hydrogen) atoms. The third-order valence-electron chi connectivity index (χ3n) is 4.21. The highest BCUT2D eigenvalue weighted by atomic mass is 16.2. The Hall–Kier alpha value is -0.610. The molecule has 0 spiro atoms. The van der Waals surface area contributed by atoms with Crippen LogP contribution in [-0.4, -0.2) is 55.5 Å². The van der Waals surface area contributed by atoms with Gasteiger partial charge in [-0.3, -0.25) is 4.79 Å². The van der Waals surface area contributed by atoms with Crippen molar-refractivity contribution in [2.24, 2.45) is 17.6 Å². The first-order valence-electron chi connectivity index (χ1n) is 7.62. The van der Waals surface area contributed by atoms with E-state index in [9.17, 15) is 4.79 Å². The van der Waals surface area contributed by atoms with Gasteiger partial charge < -0.3 is 15.5 Å². The summed E-state index contributed by atoms with van der Waals surface area (Å²) in [4.78, 5) is 17.0. The van der Waals surface area contributed by atoms with E-state index in [0.29, 0.717) is 18.5 Å². The second kappa shape index (κ2) is 7.85. The Labute approximate surface area is 118 Å². The summed E-state index contributed by atoms with van der Waals surface area (Å²) in [5.41, 5.74) is 5.81. The van der Waals surface area contributed by atoms with Gasteiger partial charge in [-0.05, 0) is 32.9 Å². The van der Waals surface area contributed by atoms with Gasteiger partial charge in [0.15, 0.2) is 0 Å². The van der Waals surface area contributed by atoms with Crippen molar-refractivity contribution in [3.05, 3.63) is 0 Å². The van der Waals surface area contributed by atoms with Gasteiger partial charge in [-0.1, -0.05) is 26.7 Å². The molecule has 1 atom stereocenters. The molecule has 0 aromatic carbocycles. The van der Waals surface area contributed by atoms with E-state index in [1.807, 2.05) is 0 Å². The summed E-state index contributed by atoms with van der Waals surface area (Å²) >= 11 is 0. The fourth-order valence-corrected chi connectivity index (χ4v) is 2.87. The lowest BCUT2D eigenvalue weighted by atomic mass is 9.93. The summed E-state index contributed by atoms with van der Waals surface area (Å²) in [5, 5.41) is 0. The summed E-state index contributed by atoms with van der Waals surface area (Å²) in [6.07, 6.45) is 4.83. The first kappa shape index (κ1) is 16.4. The Bertz CT molecular complexity index is 273. The van der Waals surface area contributed by atoms with E-state index in [2.05, 4.69) is 37.7 Å². The van der Waals surface area contributed by atoms with Crippen LogP contribution >= 0.6 is 0 Å². The van der Waals surface area contributed by atoms with Gasteiger partial charge in [0.05, 0.1) is 5.92 Å². The Kier molecular flexibility index (Phi) is 6.80. The van der Waals surface area contributed by atoms with E-state index in [-0.39, 0.29) is 11.8 Å². The molecule has 0 aliphatic heterocycles. The highest BCUT2D eigenvalue weighted by Gasteiger charge is 2.31. The second-order valence-electron chi connectivity index (χ2n) is 6.36. The van der Waals surface area contributed by atoms with Gasteiger partial charge in [0.25, 0.3) is 0 Å². The van der Waals surface area contributed by atoms with E-state index in [0.717, 1.165) is 25.9 Å². The lowest BCUT2D eigenvalue weighted by Gasteiger charge is -2.34. The van der Waals surface area contributed by atoms with Crippen molar-refractivity contribution in [2.75, 3.05) is 33.7 Å². The fourth-order valence-electron chi connectivity index (χ4n) is 2.87. The molecule has 0 heterocycles. The van der Waals surface area contributed by atoms with Gasteiger partial charge in [-0.15, -0.1) is 0 Å². The maximum absolute atomic E-state index is 12.7. The molecule has 1 aliphatic rings. The largest absolute Gasteiger partial charge is 0.338 e. The van der Waals surface area contributed by atoms with Crippen LogP contribution in [0, 0.1) is 11.8 Å². The Morgan fingerprint density at radius 2 is 1.79 bits per heavy atom. The third-order valence-corrected chi connectivity index (χ3v) is 4.21. The van der Waals surface area contributed by atoms with Crippen molar-refractivity contribution >= 4 is 5.91 Å². The van der Waals surface area contributed by atoms with Gasteiger partial charge in [0.2, 0.25) is 5.91 Å². The number of nitrogens with two attached hydrogens (primary N) is 1. The second-order valence-corrected chi connectivity index (χ2v) is 6.36. The van der Waals surface area contributed by atoms with Gasteiger partial charge in [-0.25, -0.2) is 0 Å². The minimum atomic E-state index is -0.0252. The molecule has 1 saturated carbocycles. The van der Waals surface area contributed by atoms with E-state index < -0.39 is 0 Å². The zero-order valence-corrected chi connectivity index (χ0v) is 13.1. The number of hydrogen-bond acceptors (Lipinski definition) is 3. The molecule has 0 radical (unpaired) electrons. The monoisotopic (exact) mass is 269 g/mol. The third kappa shape index (κ3) is 4.77. The van der Waals surface area contributed by atoms with Crippen LogP contribution in [0.2, 0.25) is 0 Å². The molecule has 0 aromatic rings. The molecular weight excluding hydrogens is 238 g/mol. The van der Waals surface area contributed by atoms with E-state index >= 15 is 0 Å². The summed E-state index contributed by atoms with van der Waals surface area (Å²) in [5.74, 6) is 0.565. The fraction of sp³-hybridized carbons (Fsp3) is 0.933. The van der Waals surface area contributed by atoms with Crippen molar-refractivity contribution in [2.45, 2.75) is 45.6 Å². The van der Waals surface area contributed by atoms with E-state index in [1.54, 1.807) is 0 Å². The normalized spacial score (nSPS) is 18.3. The minimum absolute atomic E-state index is 0.0252. The Morgan fingerprint density at radius 1 is 1.21 bits per heavy atom. The van der Waals surface area contributed by atoms with Crippen LogP contribution in [0.15, 0.2) is 0 Å². The molecular formula is C15H31N3O. The summed E-state index contributed by atoms with van der Waals surface area (Å²) in [6.45, 7) is 6.40. The average Bonchev–Trinajstić information content (AvgIpc) is 2.83. The number of hydrogen-bond donors (Lipinski definition) is 1. The van der Waals surface area contributed by atoms with Crippen LogP contribution in [0.25, 0.3) is 0 Å². The van der Waals surface area contributed by atoms with Crippen LogP contribution in [0.3, 0.4) is 0 Å². The zero-order valence-electron chi connectivity index (χ0n) is 13.1. The SMILES string of the molecule is CC(C)C(CN)C(=O)N(CCN(C)C)C1CCCC1. The molecule has 2 N–H and O–H groups in total. The molecule has 0 saturated heterocycles. The van der Waals surface area contributed by atoms with Crippen molar-refractivity contribution in [3.63, 3.8) is 0 Å². The lowest BCUT2D eigenvalue weighted by Crippen LogP contribution is -2.48. The molecule has 1 amide bonds. The highest BCUT2D eigenvalue weighted by molar-refractivity contribution is 5.79. The average molecular weight is 269 g/mol. The van der Waals surface area contributed by atoms with Crippen molar-refractivity contribution in [3.8, 4) is 0 Å². The van der Waals surface area contributed by atoms with Crippen molar-refractivity contribution in [1.29, 1.82) is 0 Å². The predicted molar refractivity (Wildman–Crippen MR) is 79.9 cm³/mol. The predicted octanol–water partition coefficient (Wildman–Crippen LogP) is 1.55. The van der Waals surface area contributed by atoms with Crippen molar-refractivity contribution < 1.29 is 4.79 Å². The molecule has 1 aliphatic carbocycles. The van der Waals surface area contributed by atoms with Gasteiger partial charge in [-0.2, -0.15) is 0 Å². The number of amides is 1. The molecule has 0 aromatic heterocycles. The highest BCUT2D eigenvalue weighted by Crippen LogP contribution is 2.26. The van der Waals surface area contributed by atoms with Crippen LogP contribution in [0.5, 0.6) is 0 Å². The molecule has 1 rings (SSSR count). The first-order valence-corrected chi connectivity index (χ1v) is 7.62. The number of likely N-dealkylation sites (N-methyl/N-ethyl adjacent to an activating group) is 1. The Balaban J connectivity index is 2.72. The van der Waals surface area contributed by atoms with Gasteiger partial charge in [0, 0.05) is 25.7 Å². The molecule has 0 bridgehead atoms. The molecule has 4 heteroatoms. The van der Waals surface area contributed by atoms with Gasteiger partial charge >= 0.3 is 0 Å². The van der Waals surface area contributed by atoms with Crippen LogP contribution < -0.4 is 5.73 Å². The quantitative estimate of drug-likeness (QED) is 0.763. The standard InChI is InChI=1S/C15H31N3O/c1-12(2)14(11-16)15(19)18(10-9-17(3)4)13-7-5-6-8-13/h12-14H,5-11,16H2,1-4H3. The molecule has 1 fully saturated rings. The first-order chi connectivity index (χ1) is 8.97. The van der Waals surface area contributed by atoms with E-state index in [1.165, 1.54) is 12.8 Å². The van der Waals surface area contributed by atoms with E-state index in [4.69, 9.17) is 5.73 Å². The number of rotatable bonds is 7. The number of nitrogens with zero attached hydrogens (tertiary/aromatic N) is 2. The number of carbonyl (C=O) groups is 1. The summed E-state index contributed by atoms with van der Waals surface area (Å²) < 4.78 is 0. The zero-order chi connectivity index (χ0) is 14.4. The molecule has 4 nitrogen and oxygen atoms in total. The summed E-state index contributed by atoms with van der Waals surface area (Å²) in [6, 6.07) is 0.445. The van der Waals surface area contributed by atoms with Crippen LogP contribution in [-0.2, 0) is 4.79 Å². The van der Waals surface area contributed by atoms with Gasteiger partial charge in [0.1, 0.15) is 0 Å². The summed E-state index contributed by atoms with van der Waals surface area (Å²) in [7, 11) is 4.11. The Morgan fingerprint density at radius 3 is 2.21 bits per heavy atom. The van der Waals surface area contributed by atoms with Crippen molar-refractivity contribution in [1.82, 2.24) is 9.80 Å². The minimum Gasteiger partial charge on any atom is -0.338 e.